The summed E-state index contributed by atoms with van der Waals surface area (Å²) < 4.78 is 43.0. The summed E-state index contributed by atoms with van der Waals surface area (Å²) >= 11 is 0. The highest BCUT2D eigenvalue weighted by atomic mass is 19.1. The molecule has 3 atom stereocenters. The number of aromatic nitrogens is 4. The number of nitrogens with two attached hydrogens (primary N) is 1. The molecule has 0 aliphatic carbocycles. The second-order valence-electron chi connectivity index (χ2n) is 10.4. The predicted molar refractivity (Wildman–Crippen MR) is 146 cm³/mol. The van der Waals surface area contributed by atoms with E-state index in [0.717, 1.165) is 5.69 Å². The van der Waals surface area contributed by atoms with Crippen LogP contribution in [0.4, 0.5) is 26.1 Å². The predicted octanol–water partition coefficient (Wildman–Crippen LogP) is 3.52. The van der Waals surface area contributed by atoms with E-state index < -0.39 is 17.7 Å². The van der Waals surface area contributed by atoms with Crippen molar-refractivity contribution in [3.05, 3.63) is 60.6 Å². The third kappa shape index (κ3) is 5.17. The van der Waals surface area contributed by atoms with E-state index in [1.807, 2.05) is 13.0 Å². The molecule has 4 aromatic rings. The first-order valence-electron chi connectivity index (χ1n) is 13.4. The maximum Gasteiger partial charge on any atom is 0.229 e. The summed E-state index contributed by atoms with van der Waals surface area (Å²) in [5.74, 6) is -1.06. The Bertz CT molecular complexity index is 1480. The molecule has 0 radical (unpaired) electrons. The van der Waals surface area contributed by atoms with Crippen molar-refractivity contribution in [1.29, 1.82) is 0 Å². The van der Waals surface area contributed by atoms with Gasteiger partial charge in [-0.3, -0.25) is 4.98 Å². The highest BCUT2D eigenvalue weighted by Gasteiger charge is 2.32. The Balaban J connectivity index is 1.29. The Morgan fingerprint density at radius 2 is 1.88 bits per heavy atom. The van der Waals surface area contributed by atoms with Crippen LogP contribution in [0.25, 0.3) is 16.8 Å². The lowest BCUT2D eigenvalue weighted by atomic mass is 9.92. The van der Waals surface area contributed by atoms with Gasteiger partial charge >= 0.3 is 0 Å². The van der Waals surface area contributed by atoms with Gasteiger partial charge in [-0.05, 0) is 18.2 Å². The third-order valence-corrected chi connectivity index (χ3v) is 7.47. The number of ether oxygens (including phenoxy) is 2. The zero-order valence-corrected chi connectivity index (χ0v) is 22.0. The Morgan fingerprint density at radius 1 is 1.10 bits per heavy atom. The van der Waals surface area contributed by atoms with Crippen LogP contribution in [-0.2, 0) is 4.74 Å². The van der Waals surface area contributed by atoms with E-state index in [4.69, 9.17) is 15.2 Å². The normalized spacial score (nSPS) is 22.0. The second kappa shape index (κ2) is 11.0. The number of anilines is 3. The number of pyridine rings is 1. The Hall–Kier alpha value is -3.87. The Labute approximate surface area is 229 Å². The van der Waals surface area contributed by atoms with Crippen LogP contribution in [0.1, 0.15) is 19.8 Å². The molecule has 0 saturated carbocycles. The number of piperidine rings is 1. The van der Waals surface area contributed by atoms with Gasteiger partial charge in [-0.2, -0.15) is 9.61 Å². The van der Waals surface area contributed by atoms with Crippen molar-refractivity contribution >= 4 is 22.8 Å². The van der Waals surface area contributed by atoms with Crippen molar-refractivity contribution in [2.24, 2.45) is 11.7 Å². The number of rotatable bonds is 6. The molecule has 0 amide bonds. The number of aliphatic hydroxyl groups is 1. The van der Waals surface area contributed by atoms with Gasteiger partial charge < -0.3 is 30.5 Å². The van der Waals surface area contributed by atoms with E-state index in [1.165, 1.54) is 16.6 Å². The molecule has 40 heavy (non-hydrogen) atoms. The first kappa shape index (κ1) is 26.4. The topological polar surface area (TPSA) is 123 Å². The molecule has 0 spiro atoms. The first-order valence-corrected chi connectivity index (χ1v) is 13.4. The summed E-state index contributed by atoms with van der Waals surface area (Å²) in [7, 11) is 0. The maximum atomic E-state index is 15.2. The highest BCUT2D eigenvalue weighted by molar-refractivity contribution is 5.74. The molecule has 10 nitrogen and oxygen atoms in total. The van der Waals surface area contributed by atoms with Gasteiger partial charge in [0, 0.05) is 56.2 Å². The number of hydrogen-bond acceptors (Lipinski definition) is 9. The van der Waals surface area contributed by atoms with E-state index in [-0.39, 0.29) is 35.1 Å². The van der Waals surface area contributed by atoms with Crippen LogP contribution in [-0.4, -0.2) is 69.2 Å². The third-order valence-electron chi connectivity index (χ3n) is 7.47. The quantitative estimate of drug-likeness (QED) is 0.330. The minimum atomic E-state index is -0.768. The lowest BCUT2D eigenvalue weighted by Crippen LogP contribution is -2.55. The highest BCUT2D eigenvalue weighted by Crippen LogP contribution is 2.33. The monoisotopic (exact) mass is 551 g/mol. The van der Waals surface area contributed by atoms with Crippen molar-refractivity contribution in [3.8, 4) is 17.0 Å². The number of imidazole rings is 1. The summed E-state index contributed by atoms with van der Waals surface area (Å²) in [6.07, 6.45) is 5.59. The molecule has 2 saturated heterocycles. The summed E-state index contributed by atoms with van der Waals surface area (Å²) in [5, 5.41) is 18.1. The summed E-state index contributed by atoms with van der Waals surface area (Å²) in [5.41, 5.74) is 8.17. The van der Waals surface area contributed by atoms with E-state index in [1.54, 1.807) is 30.7 Å². The van der Waals surface area contributed by atoms with Gasteiger partial charge in [0.05, 0.1) is 59.9 Å². The zero-order valence-electron chi connectivity index (χ0n) is 22.0. The number of aliphatic hydroxyl groups excluding tert-OH is 1. The van der Waals surface area contributed by atoms with E-state index in [0.29, 0.717) is 56.3 Å². The lowest BCUT2D eigenvalue weighted by molar-refractivity contribution is 0.0253. The van der Waals surface area contributed by atoms with Crippen molar-refractivity contribution < 1.29 is 23.4 Å². The van der Waals surface area contributed by atoms with Crippen LogP contribution in [0.3, 0.4) is 0 Å². The minimum Gasteiger partial charge on any atom is -0.490 e. The molecule has 12 heteroatoms. The van der Waals surface area contributed by atoms with Crippen LogP contribution in [0.5, 0.6) is 5.75 Å². The van der Waals surface area contributed by atoms with E-state index in [9.17, 15) is 5.11 Å². The molecule has 2 aliphatic heterocycles. The van der Waals surface area contributed by atoms with Gasteiger partial charge in [0.1, 0.15) is 23.5 Å². The number of fused-ring (bicyclic) bond motifs is 1. The summed E-state index contributed by atoms with van der Waals surface area (Å²) in [4.78, 5) is 10.8. The molecule has 6 rings (SSSR count). The first-order chi connectivity index (χ1) is 19.4. The molecule has 1 aromatic carbocycles. The maximum absolute atomic E-state index is 15.2. The summed E-state index contributed by atoms with van der Waals surface area (Å²) in [6.45, 7) is 4.17. The van der Waals surface area contributed by atoms with Gasteiger partial charge in [-0.25, -0.2) is 13.8 Å². The molecular formula is C28H31F2N7O3. The SMILES string of the molecule is CC1CN(c2ccncc2Nc2ncc3ccc(-c4c(F)cc(OC5CCOCC5)cc4F)nn23)CC(N)C1O. The fourth-order valence-corrected chi connectivity index (χ4v) is 5.34. The molecule has 5 heterocycles. The van der Waals surface area contributed by atoms with Crippen LogP contribution in [0.2, 0.25) is 0 Å². The number of nitrogens with zero attached hydrogens (tertiary/aromatic N) is 5. The molecular weight excluding hydrogens is 520 g/mol. The van der Waals surface area contributed by atoms with Crippen LogP contribution >= 0.6 is 0 Å². The number of benzene rings is 1. The smallest absolute Gasteiger partial charge is 0.229 e. The lowest BCUT2D eigenvalue weighted by Gasteiger charge is -2.40. The van der Waals surface area contributed by atoms with Crippen molar-refractivity contribution in [1.82, 2.24) is 19.6 Å². The number of halogens is 2. The van der Waals surface area contributed by atoms with Crippen LogP contribution in [0.15, 0.2) is 48.9 Å². The fraction of sp³-hybridized carbons (Fsp3) is 0.393. The van der Waals surface area contributed by atoms with Crippen LogP contribution in [0, 0.1) is 17.6 Å². The van der Waals surface area contributed by atoms with Crippen molar-refractivity contribution in [2.45, 2.75) is 38.0 Å². The van der Waals surface area contributed by atoms with E-state index in [2.05, 4.69) is 25.3 Å². The Kier molecular flexibility index (Phi) is 7.22. The zero-order chi connectivity index (χ0) is 27.8. The average molecular weight is 552 g/mol. The van der Waals surface area contributed by atoms with Crippen molar-refractivity contribution in [3.63, 3.8) is 0 Å². The molecule has 4 N–H and O–H groups in total. The van der Waals surface area contributed by atoms with Gasteiger partial charge in [0.2, 0.25) is 5.95 Å². The number of hydrogen-bond donors (Lipinski definition) is 3. The second-order valence-corrected chi connectivity index (χ2v) is 10.4. The van der Waals surface area contributed by atoms with Gasteiger partial charge in [-0.1, -0.05) is 6.92 Å². The average Bonchev–Trinajstić information content (AvgIpc) is 3.34. The molecule has 0 bridgehead atoms. The van der Waals surface area contributed by atoms with Gasteiger partial charge in [-0.15, -0.1) is 0 Å². The standard InChI is InChI=1S/C28H31F2N7O3/c1-16-14-36(15-22(31)27(16)38)25-4-7-32-13-24(25)34-28-33-12-17-2-3-23(35-37(17)28)26-20(29)10-19(11-21(26)30)40-18-5-8-39-9-6-18/h2-4,7,10-13,16,18,22,27,38H,5-6,8-9,14-15,31H2,1H3,(H,33,34). The molecule has 3 aromatic heterocycles. The van der Waals surface area contributed by atoms with Crippen LogP contribution < -0.4 is 20.7 Å². The minimum absolute atomic E-state index is 0.0143. The van der Waals surface area contributed by atoms with Crippen molar-refractivity contribution in [2.75, 3.05) is 36.5 Å². The Morgan fingerprint density at radius 3 is 2.62 bits per heavy atom. The van der Waals surface area contributed by atoms with E-state index >= 15 is 8.78 Å². The largest absolute Gasteiger partial charge is 0.490 e. The summed E-state index contributed by atoms with van der Waals surface area (Å²) in [6, 6.07) is 7.11. The molecule has 210 valence electrons. The molecule has 3 unspecified atom stereocenters. The molecule has 2 fully saturated rings. The fourth-order valence-electron chi connectivity index (χ4n) is 5.34. The van der Waals surface area contributed by atoms with Gasteiger partial charge in [0.15, 0.2) is 0 Å². The van der Waals surface area contributed by atoms with Gasteiger partial charge in [0.25, 0.3) is 0 Å². The number of nitrogens with one attached hydrogen (secondary N) is 1. The molecule has 2 aliphatic rings.